The summed E-state index contributed by atoms with van der Waals surface area (Å²) in [5.74, 6) is 2.67. The smallest absolute Gasteiger partial charge is 0.257 e. The molecule has 1 unspecified atom stereocenters. The fourth-order valence-corrected chi connectivity index (χ4v) is 3.97. The number of hydrogen-bond acceptors (Lipinski definition) is 3. The van der Waals surface area contributed by atoms with Crippen LogP contribution in [-0.2, 0) is 0 Å². The molecule has 0 N–H and O–H groups in total. The molecule has 3 aromatic rings. The van der Waals surface area contributed by atoms with Crippen molar-refractivity contribution < 1.29 is 9.53 Å². The number of piperidine rings is 1. The lowest BCUT2D eigenvalue weighted by Gasteiger charge is -2.33. The third kappa shape index (κ3) is 4.19. The fraction of sp³-hybridized carbons (Fsp3) is 0.333. The van der Waals surface area contributed by atoms with E-state index in [2.05, 4.69) is 23.4 Å². The predicted molar refractivity (Wildman–Crippen MR) is 113 cm³/mol. The van der Waals surface area contributed by atoms with Crippen molar-refractivity contribution in [2.75, 3.05) is 13.1 Å². The number of imidazole rings is 1. The van der Waals surface area contributed by atoms with Crippen molar-refractivity contribution in [2.45, 2.75) is 38.6 Å². The SMILES string of the molecule is CC(C)n1ccnc1C1CCCN(C(=O)c2ccccc2Oc2ccccc2)C1. The van der Waals surface area contributed by atoms with Gasteiger partial charge in [-0.15, -0.1) is 0 Å². The van der Waals surface area contributed by atoms with Crippen molar-refractivity contribution in [3.63, 3.8) is 0 Å². The number of carbonyl (C=O) groups is 1. The lowest BCUT2D eigenvalue weighted by molar-refractivity contribution is 0.0700. The molecule has 0 radical (unpaired) electrons. The summed E-state index contributed by atoms with van der Waals surface area (Å²) >= 11 is 0. The lowest BCUT2D eigenvalue weighted by Crippen LogP contribution is -2.40. The Morgan fingerprint density at radius 2 is 1.86 bits per heavy atom. The van der Waals surface area contributed by atoms with E-state index < -0.39 is 0 Å². The lowest BCUT2D eigenvalue weighted by atomic mass is 9.96. The van der Waals surface area contributed by atoms with Gasteiger partial charge in [0.2, 0.25) is 0 Å². The number of amides is 1. The number of nitrogens with zero attached hydrogens (tertiary/aromatic N) is 3. The Labute approximate surface area is 171 Å². The van der Waals surface area contributed by atoms with Crippen LogP contribution in [-0.4, -0.2) is 33.4 Å². The summed E-state index contributed by atoms with van der Waals surface area (Å²) in [6.07, 6.45) is 5.92. The number of benzene rings is 2. The first-order valence-electron chi connectivity index (χ1n) is 10.3. The van der Waals surface area contributed by atoms with Crippen LogP contribution in [0.2, 0.25) is 0 Å². The zero-order valence-corrected chi connectivity index (χ0v) is 17.0. The van der Waals surface area contributed by atoms with Crippen molar-refractivity contribution in [2.24, 2.45) is 0 Å². The van der Waals surface area contributed by atoms with Crippen LogP contribution in [0.5, 0.6) is 11.5 Å². The highest BCUT2D eigenvalue weighted by Crippen LogP contribution is 2.31. The van der Waals surface area contributed by atoms with E-state index in [9.17, 15) is 4.79 Å². The van der Waals surface area contributed by atoms with Crippen LogP contribution in [0.4, 0.5) is 0 Å². The summed E-state index contributed by atoms with van der Waals surface area (Å²) in [6, 6.07) is 17.4. The van der Waals surface area contributed by atoms with Crippen molar-refractivity contribution in [3.05, 3.63) is 78.4 Å². The molecule has 0 spiro atoms. The van der Waals surface area contributed by atoms with E-state index in [1.54, 1.807) is 0 Å². The number of para-hydroxylation sites is 2. The van der Waals surface area contributed by atoms with E-state index in [0.29, 0.717) is 23.9 Å². The van der Waals surface area contributed by atoms with Gasteiger partial charge in [-0.1, -0.05) is 30.3 Å². The molecule has 4 rings (SSSR count). The van der Waals surface area contributed by atoms with Gasteiger partial charge >= 0.3 is 0 Å². The van der Waals surface area contributed by atoms with Crippen LogP contribution in [0.1, 0.15) is 54.8 Å². The Balaban J connectivity index is 1.55. The second-order valence-electron chi connectivity index (χ2n) is 7.79. The Hall–Kier alpha value is -3.08. The van der Waals surface area contributed by atoms with E-state index in [4.69, 9.17) is 4.74 Å². The highest BCUT2D eigenvalue weighted by atomic mass is 16.5. The second-order valence-corrected chi connectivity index (χ2v) is 7.79. The number of rotatable bonds is 5. The van der Waals surface area contributed by atoms with Crippen LogP contribution in [0.25, 0.3) is 0 Å². The van der Waals surface area contributed by atoms with Crippen molar-refractivity contribution in [1.82, 2.24) is 14.5 Å². The Kier molecular flexibility index (Phi) is 5.65. The number of likely N-dealkylation sites (tertiary alicyclic amines) is 1. The quantitative estimate of drug-likeness (QED) is 0.597. The monoisotopic (exact) mass is 389 g/mol. The van der Waals surface area contributed by atoms with E-state index in [1.165, 1.54) is 0 Å². The maximum absolute atomic E-state index is 13.4. The first-order chi connectivity index (χ1) is 14.1. The standard InChI is InChI=1S/C24H27N3O2/c1-18(2)27-16-14-25-23(27)19-9-8-15-26(17-19)24(28)21-12-6-7-13-22(21)29-20-10-4-3-5-11-20/h3-7,10-14,16,18-19H,8-9,15,17H2,1-2H3. The predicted octanol–water partition coefficient (Wildman–Crippen LogP) is 5.28. The summed E-state index contributed by atoms with van der Waals surface area (Å²) in [5.41, 5.74) is 0.601. The molecule has 5 heteroatoms. The topological polar surface area (TPSA) is 47.4 Å². The number of aromatic nitrogens is 2. The van der Waals surface area contributed by atoms with Gasteiger partial charge < -0.3 is 14.2 Å². The van der Waals surface area contributed by atoms with E-state index in [0.717, 1.165) is 31.0 Å². The zero-order valence-electron chi connectivity index (χ0n) is 17.0. The molecule has 1 amide bonds. The molecule has 2 heterocycles. The number of ether oxygens (including phenoxy) is 1. The fourth-order valence-electron chi connectivity index (χ4n) is 3.97. The maximum Gasteiger partial charge on any atom is 0.257 e. The van der Waals surface area contributed by atoms with E-state index >= 15 is 0 Å². The minimum atomic E-state index is 0.0175. The zero-order chi connectivity index (χ0) is 20.2. The molecule has 1 atom stereocenters. The van der Waals surface area contributed by atoms with Crippen molar-refractivity contribution in [3.8, 4) is 11.5 Å². The Morgan fingerprint density at radius 3 is 2.66 bits per heavy atom. The van der Waals surface area contributed by atoms with E-state index in [1.807, 2.05) is 71.9 Å². The first-order valence-corrected chi connectivity index (χ1v) is 10.3. The molecular weight excluding hydrogens is 362 g/mol. The van der Waals surface area contributed by atoms with Gasteiger partial charge in [0.15, 0.2) is 0 Å². The minimum Gasteiger partial charge on any atom is -0.457 e. The van der Waals surface area contributed by atoms with Gasteiger partial charge in [0.25, 0.3) is 5.91 Å². The molecule has 0 bridgehead atoms. The molecule has 1 saturated heterocycles. The summed E-state index contributed by atoms with van der Waals surface area (Å²) in [6.45, 7) is 5.77. The second kappa shape index (κ2) is 8.52. The Bertz CT molecular complexity index is 965. The van der Waals surface area contributed by atoms with Gasteiger partial charge in [0, 0.05) is 37.4 Å². The van der Waals surface area contributed by atoms with Gasteiger partial charge in [-0.25, -0.2) is 4.98 Å². The molecule has 1 aliphatic rings. The molecule has 29 heavy (non-hydrogen) atoms. The minimum absolute atomic E-state index is 0.0175. The largest absolute Gasteiger partial charge is 0.457 e. The summed E-state index contributed by atoms with van der Waals surface area (Å²) < 4.78 is 8.22. The van der Waals surface area contributed by atoms with Crippen LogP contribution >= 0.6 is 0 Å². The van der Waals surface area contributed by atoms with Gasteiger partial charge in [0.05, 0.1) is 5.56 Å². The van der Waals surface area contributed by atoms with Crippen LogP contribution in [0, 0.1) is 0 Å². The Morgan fingerprint density at radius 1 is 1.10 bits per heavy atom. The van der Waals surface area contributed by atoms with Crippen LogP contribution < -0.4 is 4.74 Å². The third-order valence-corrected chi connectivity index (χ3v) is 5.42. The van der Waals surface area contributed by atoms with Crippen LogP contribution in [0.15, 0.2) is 67.0 Å². The molecule has 1 fully saturated rings. The van der Waals surface area contributed by atoms with Gasteiger partial charge in [-0.3, -0.25) is 4.79 Å². The van der Waals surface area contributed by atoms with Gasteiger partial charge in [-0.2, -0.15) is 0 Å². The molecular formula is C24H27N3O2. The normalized spacial score (nSPS) is 16.8. The van der Waals surface area contributed by atoms with Crippen molar-refractivity contribution >= 4 is 5.91 Å². The van der Waals surface area contributed by atoms with Gasteiger partial charge in [0.1, 0.15) is 17.3 Å². The molecule has 150 valence electrons. The summed E-state index contributed by atoms with van der Waals surface area (Å²) in [7, 11) is 0. The molecule has 1 aliphatic heterocycles. The van der Waals surface area contributed by atoms with E-state index in [-0.39, 0.29) is 11.8 Å². The highest BCUT2D eigenvalue weighted by molar-refractivity contribution is 5.97. The molecule has 1 aromatic heterocycles. The highest BCUT2D eigenvalue weighted by Gasteiger charge is 2.29. The van der Waals surface area contributed by atoms with Crippen molar-refractivity contribution in [1.29, 1.82) is 0 Å². The average molecular weight is 389 g/mol. The molecule has 0 aliphatic carbocycles. The first kappa shape index (κ1) is 19.2. The molecule has 5 nitrogen and oxygen atoms in total. The maximum atomic E-state index is 13.4. The average Bonchev–Trinajstić information content (AvgIpc) is 3.25. The van der Waals surface area contributed by atoms with Gasteiger partial charge in [-0.05, 0) is 51.0 Å². The molecule has 2 aromatic carbocycles. The third-order valence-electron chi connectivity index (χ3n) is 5.42. The molecule has 0 saturated carbocycles. The number of hydrogen-bond donors (Lipinski definition) is 0. The number of carbonyl (C=O) groups excluding carboxylic acids is 1. The summed E-state index contributed by atoms with van der Waals surface area (Å²) in [5, 5.41) is 0. The summed E-state index contributed by atoms with van der Waals surface area (Å²) in [4.78, 5) is 19.9. The van der Waals surface area contributed by atoms with Crippen LogP contribution in [0.3, 0.4) is 0 Å².